The number of anilines is 2. The van der Waals surface area contributed by atoms with E-state index in [-0.39, 0.29) is 0 Å². The highest BCUT2D eigenvalue weighted by atomic mass is 15.2. The van der Waals surface area contributed by atoms with E-state index >= 15 is 0 Å². The van der Waals surface area contributed by atoms with Crippen LogP contribution in [0.1, 0.15) is 54.4 Å². The van der Waals surface area contributed by atoms with E-state index in [0.29, 0.717) is 12.0 Å². The van der Waals surface area contributed by atoms with Gasteiger partial charge in [0.2, 0.25) is 0 Å². The van der Waals surface area contributed by atoms with E-state index in [1.807, 2.05) is 0 Å². The van der Waals surface area contributed by atoms with Gasteiger partial charge in [-0.1, -0.05) is 80.1 Å². The average Bonchev–Trinajstić information content (AvgIpc) is 3.34. The summed E-state index contributed by atoms with van der Waals surface area (Å²) in [4.78, 5) is 2.61. The van der Waals surface area contributed by atoms with Crippen LogP contribution in [0, 0.1) is 0 Å². The normalized spacial score (nSPS) is 20.5. The smallest absolute Gasteiger partial charge is 0.0449 e. The van der Waals surface area contributed by atoms with E-state index in [1.54, 1.807) is 5.56 Å². The highest BCUT2D eigenvalue weighted by Gasteiger charge is 2.41. The molecule has 0 spiro atoms. The molecule has 140 valence electrons. The minimum atomic E-state index is 0.632. The Morgan fingerprint density at radius 2 is 1.61 bits per heavy atom. The lowest BCUT2D eigenvalue weighted by molar-refractivity contribution is 0.641. The van der Waals surface area contributed by atoms with Gasteiger partial charge in [-0.15, -0.1) is 0 Å². The third-order valence-corrected chi connectivity index (χ3v) is 6.41. The number of aryl methyl sites for hydroxylation is 1. The van der Waals surface area contributed by atoms with Crippen LogP contribution in [0.2, 0.25) is 0 Å². The summed E-state index contributed by atoms with van der Waals surface area (Å²) in [6.45, 7) is 2.25. The van der Waals surface area contributed by atoms with Crippen molar-refractivity contribution in [2.24, 2.45) is 0 Å². The van der Waals surface area contributed by atoms with Crippen molar-refractivity contribution in [3.8, 4) is 0 Å². The Kier molecular flexibility index (Phi) is 4.52. The van der Waals surface area contributed by atoms with E-state index < -0.39 is 0 Å². The molecule has 1 heteroatoms. The molecule has 3 aromatic carbocycles. The molecule has 0 amide bonds. The lowest BCUT2D eigenvalue weighted by atomic mass is 9.95. The first-order valence-corrected chi connectivity index (χ1v) is 10.6. The predicted octanol–water partition coefficient (Wildman–Crippen LogP) is 7.21. The topological polar surface area (TPSA) is 3.24 Å². The highest BCUT2D eigenvalue weighted by molar-refractivity contribution is 5.75. The van der Waals surface area contributed by atoms with Gasteiger partial charge in [0.05, 0.1) is 0 Å². The van der Waals surface area contributed by atoms with Crippen molar-refractivity contribution < 1.29 is 0 Å². The van der Waals surface area contributed by atoms with Crippen LogP contribution in [0.3, 0.4) is 0 Å². The molecule has 0 saturated heterocycles. The fraction of sp³-hybridized carbons (Fsp3) is 0.259. The van der Waals surface area contributed by atoms with Gasteiger partial charge in [-0.05, 0) is 59.7 Å². The Labute approximate surface area is 168 Å². The van der Waals surface area contributed by atoms with Gasteiger partial charge in [-0.2, -0.15) is 0 Å². The van der Waals surface area contributed by atoms with Gasteiger partial charge in [-0.3, -0.25) is 0 Å². The summed E-state index contributed by atoms with van der Waals surface area (Å²) in [6, 6.07) is 27.3. The van der Waals surface area contributed by atoms with Crippen LogP contribution in [-0.4, -0.2) is 6.04 Å². The molecule has 1 heterocycles. The first kappa shape index (κ1) is 17.3. The zero-order valence-electron chi connectivity index (χ0n) is 16.5. The molecule has 0 N–H and O–H groups in total. The van der Waals surface area contributed by atoms with E-state index in [2.05, 4.69) is 96.8 Å². The Morgan fingerprint density at radius 1 is 0.857 bits per heavy atom. The van der Waals surface area contributed by atoms with Crippen LogP contribution >= 0.6 is 0 Å². The summed E-state index contributed by atoms with van der Waals surface area (Å²) in [5, 5.41) is 0. The zero-order chi connectivity index (χ0) is 18.9. The average molecular weight is 366 g/mol. The van der Waals surface area contributed by atoms with Crippen LogP contribution < -0.4 is 4.90 Å². The van der Waals surface area contributed by atoms with Crippen molar-refractivity contribution in [3.05, 3.63) is 95.1 Å². The summed E-state index contributed by atoms with van der Waals surface area (Å²) in [6.07, 6.45) is 9.48. The molecule has 1 nitrogen and oxygen atoms in total. The Balaban J connectivity index is 1.44. The number of fused-ring (bicyclic) bond motifs is 3. The summed E-state index contributed by atoms with van der Waals surface area (Å²) < 4.78 is 0. The fourth-order valence-electron chi connectivity index (χ4n) is 4.96. The van der Waals surface area contributed by atoms with Crippen molar-refractivity contribution in [1.82, 2.24) is 0 Å². The van der Waals surface area contributed by atoms with Crippen molar-refractivity contribution in [2.75, 3.05) is 4.90 Å². The summed E-state index contributed by atoms with van der Waals surface area (Å²) in [5.74, 6) is 0.708. The van der Waals surface area contributed by atoms with Gasteiger partial charge in [0.15, 0.2) is 0 Å². The maximum absolute atomic E-state index is 2.61. The molecular formula is C27H27N. The van der Waals surface area contributed by atoms with Gasteiger partial charge < -0.3 is 4.90 Å². The maximum atomic E-state index is 2.61. The molecule has 1 aliphatic carbocycles. The molecule has 1 saturated carbocycles. The van der Waals surface area contributed by atoms with Crippen molar-refractivity contribution >= 4 is 23.5 Å². The monoisotopic (exact) mass is 365 g/mol. The number of nitrogens with zero attached hydrogens (tertiary/aromatic N) is 1. The van der Waals surface area contributed by atoms with E-state index in [9.17, 15) is 0 Å². The maximum Gasteiger partial charge on any atom is 0.0449 e. The second-order valence-electron chi connectivity index (χ2n) is 8.06. The second-order valence-corrected chi connectivity index (χ2v) is 8.06. The quantitative estimate of drug-likeness (QED) is 0.442. The van der Waals surface area contributed by atoms with Gasteiger partial charge in [-0.25, -0.2) is 0 Å². The first-order valence-electron chi connectivity index (χ1n) is 10.6. The minimum Gasteiger partial charge on any atom is -0.338 e. The molecule has 0 aromatic heterocycles. The van der Waals surface area contributed by atoms with Crippen molar-refractivity contribution in [3.63, 3.8) is 0 Å². The Hall–Kier alpha value is -2.80. The fourth-order valence-corrected chi connectivity index (χ4v) is 4.96. The molecule has 2 atom stereocenters. The van der Waals surface area contributed by atoms with E-state index in [0.717, 1.165) is 6.42 Å². The third kappa shape index (κ3) is 3.05. The molecule has 28 heavy (non-hydrogen) atoms. The van der Waals surface area contributed by atoms with Crippen LogP contribution in [0.4, 0.5) is 11.4 Å². The lowest BCUT2D eigenvalue weighted by Gasteiger charge is -2.27. The van der Waals surface area contributed by atoms with Crippen LogP contribution in [0.15, 0.2) is 72.8 Å². The van der Waals surface area contributed by atoms with Crippen LogP contribution in [-0.2, 0) is 6.42 Å². The number of rotatable bonds is 4. The molecular weight excluding hydrogens is 338 g/mol. The molecule has 3 aromatic rings. The van der Waals surface area contributed by atoms with E-state index in [4.69, 9.17) is 0 Å². The van der Waals surface area contributed by atoms with Gasteiger partial charge in [0.25, 0.3) is 0 Å². The summed E-state index contributed by atoms with van der Waals surface area (Å²) in [5.41, 5.74) is 8.29. The molecule has 1 aliphatic heterocycles. The number of hydrogen-bond acceptors (Lipinski definition) is 1. The Morgan fingerprint density at radius 3 is 2.36 bits per heavy atom. The molecule has 5 rings (SSSR count). The van der Waals surface area contributed by atoms with Crippen molar-refractivity contribution in [1.29, 1.82) is 0 Å². The largest absolute Gasteiger partial charge is 0.338 e. The standard InChI is InChI=1S/C27H27N/c1-2-20-15-18-27-25(19-20)24-9-6-10-26(24)28(27)23-16-13-22(14-17-23)12-11-21-7-4-3-5-8-21/h3-5,7-8,11-19,24,26H,2,6,9-10H2,1H3/b12-11+. The first-order chi connectivity index (χ1) is 13.8. The van der Waals surface area contributed by atoms with Gasteiger partial charge >= 0.3 is 0 Å². The molecule has 2 unspecified atom stereocenters. The SMILES string of the molecule is CCc1ccc2c(c1)C1CCCC1N2c1ccc(/C=C/c2ccccc2)cc1. The predicted molar refractivity (Wildman–Crippen MR) is 120 cm³/mol. The van der Waals surface area contributed by atoms with Crippen LogP contribution in [0.25, 0.3) is 12.2 Å². The van der Waals surface area contributed by atoms with Crippen molar-refractivity contribution in [2.45, 2.75) is 44.6 Å². The Bertz CT molecular complexity index is 985. The molecule has 0 bridgehead atoms. The molecule has 2 aliphatic rings. The molecule has 0 radical (unpaired) electrons. The highest BCUT2D eigenvalue weighted by Crippen LogP contribution is 2.52. The minimum absolute atomic E-state index is 0.632. The van der Waals surface area contributed by atoms with Gasteiger partial charge in [0.1, 0.15) is 0 Å². The van der Waals surface area contributed by atoms with Gasteiger partial charge in [0, 0.05) is 23.3 Å². The summed E-state index contributed by atoms with van der Waals surface area (Å²) in [7, 11) is 0. The number of hydrogen-bond donors (Lipinski definition) is 0. The second kappa shape index (κ2) is 7.31. The zero-order valence-corrected chi connectivity index (χ0v) is 16.5. The summed E-state index contributed by atoms with van der Waals surface area (Å²) >= 11 is 0. The van der Waals surface area contributed by atoms with Crippen LogP contribution in [0.5, 0.6) is 0 Å². The lowest BCUT2D eigenvalue weighted by Crippen LogP contribution is -2.26. The van der Waals surface area contributed by atoms with E-state index in [1.165, 1.54) is 47.3 Å². The molecule has 1 fully saturated rings. The third-order valence-electron chi connectivity index (χ3n) is 6.41. The number of benzene rings is 3.